The molecule has 0 aliphatic rings. The summed E-state index contributed by atoms with van der Waals surface area (Å²) in [6.07, 6.45) is 1.89. The number of rotatable bonds is 4. The topological polar surface area (TPSA) is 44.1 Å². The molecule has 4 nitrogen and oxygen atoms in total. The maximum absolute atomic E-state index is 12.2. The number of nitrogens with zero attached hydrogens (tertiary/aromatic N) is 2. The van der Waals surface area contributed by atoms with Crippen LogP contribution in [0.1, 0.15) is 16.1 Å². The Hall–Kier alpha value is -1.62. The van der Waals surface area contributed by atoms with Crippen LogP contribution in [0.2, 0.25) is 0 Å². The lowest BCUT2D eigenvalue weighted by molar-refractivity contribution is 0.0981. The normalized spacial score (nSPS) is 10.4. The predicted molar refractivity (Wildman–Crippen MR) is 71.9 cm³/mol. The minimum Gasteiger partial charge on any atom is -0.493 e. The highest BCUT2D eigenvalue weighted by molar-refractivity contribution is 9.10. The molecule has 2 rings (SSSR count). The summed E-state index contributed by atoms with van der Waals surface area (Å²) in [6.45, 7) is 0. The highest BCUT2D eigenvalue weighted by atomic mass is 79.9. The summed E-state index contributed by atoms with van der Waals surface area (Å²) in [4.78, 5) is 12.2. The Morgan fingerprint density at radius 2 is 2.06 bits per heavy atom. The number of aryl methyl sites for hydroxylation is 1. The number of aromatic nitrogens is 2. The lowest BCUT2D eigenvalue weighted by Crippen LogP contribution is -2.11. The van der Waals surface area contributed by atoms with E-state index in [0.717, 1.165) is 10.0 Å². The van der Waals surface area contributed by atoms with Gasteiger partial charge in [0, 0.05) is 17.9 Å². The second-order valence-corrected chi connectivity index (χ2v) is 4.83. The van der Waals surface area contributed by atoms with E-state index < -0.39 is 0 Å². The first kappa shape index (κ1) is 12.8. The molecule has 0 atom stereocenters. The summed E-state index contributed by atoms with van der Waals surface area (Å²) in [5.74, 6) is 0.508. The van der Waals surface area contributed by atoms with Crippen LogP contribution in [-0.4, -0.2) is 22.7 Å². The van der Waals surface area contributed by atoms with Gasteiger partial charge in [0.05, 0.1) is 13.3 Å². The van der Waals surface area contributed by atoms with Crippen LogP contribution in [0.25, 0.3) is 0 Å². The molecule has 0 N–H and O–H groups in total. The van der Waals surface area contributed by atoms with Gasteiger partial charge in [0.15, 0.2) is 11.5 Å². The Morgan fingerprint density at radius 3 is 2.67 bits per heavy atom. The smallest absolute Gasteiger partial charge is 0.189 e. The minimum absolute atomic E-state index is 0.00540. The van der Waals surface area contributed by atoms with Crippen molar-refractivity contribution in [1.29, 1.82) is 0 Å². The van der Waals surface area contributed by atoms with Crippen LogP contribution >= 0.6 is 15.9 Å². The maximum Gasteiger partial charge on any atom is 0.189 e. The van der Waals surface area contributed by atoms with Crippen LogP contribution in [-0.2, 0) is 13.5 Å². The van der Waals surface area contributed by atoms with Crippen LogP contribution in [0.15, 0.2) is 34.9 Å². The Morgan fingerprint density at radius 1 is 1.39 bits per heavy atom. The number of ether oxygens (including phenoxy) is 1. The van der Waals surface area contributed by atoms with Crippen molar-refractivity contribution in [3.05, 3.63) is 46.2 Å². The molecule has 0 spiro atoms. The van der Waals surface area contributed by atoms with Crippen molar-refractivity contribution >= 4 is 21.7 Å². The number of methoxy groups -OCH3 is 1. The van der Waals surface area contributed by atoms with Crippen LogP contribution in [0.5, 0.6) is 5.75 Å². The quantitative estimate of drug-likeness (QED) is 0.816. The van der Waals surface area contributed by atoms with Crippen molar-refractivity contribution in [2.75, 3.05) is 7.11 Å². The van der Waals surface area contributed by atoms with Gasteiger partial charge in [-0.1, -0.05) is 28.1 Å². The van der Waals surface area contributed by atoms with Gasteiger partial charge in [-0.25, -0.2) is 0 Å². The van der Waals surface area contributed by atoms with E-state index in [1.165, 1.54) is 7.11 Å². The van der Waals surface area contributed by atoms with E-state index in [1.54, 1.807) is 17.9 Å². The fourth-order valence-corrected chi connectivity index (χ4v) is 2.02. The van der Waals surface area contributed by atoms with Crippen LogP contribution in [0, 0.1) is 0 Å². The second-order valence-electron chi connectivity index (χ2n) is 3.91. The standard InChI is InChI=1S/C13H13BrN2O2/c1-16-13(12(18-2)8-15-16)11(17)7-9-3-5-10(14)6-4-9/h3-6,8H,7H2,1-2H3. The summed E-state index contributed by atoms with van der Waals surface area (Å²) < 4.78 is 7.67. The van der Waals surface area contributed by atoms with Gasteiger partial charge in [0.1, 0.15) is 5.69 Å². The molecule has 0 unspecified atom stereocenters. The number of hydrogen-bond donors (Lipinski definition) is 0. The molecule has 0 bridgehead atoms. The zero-order valence-electron chi connectivity index (χ0n) is 10.2. The molecule has 1 heterocycles. The Balaban J connectivity index is 2.21. The third-order valence-electron chi connectivity index (χ3n) is 2.67. The molecule has 0 aliphatic carbocycles. The summed E-state index contributed by atoms with van der Waals surface area (Å²) in [5.41, 5.74) is 1.46. The number of carbonyl (C=O) groups is 1. The molecule has 2 aromatic rings. The van der Waals surface area contributed by atoms with E-state index in [9.17, 15) is 4.79 Å². The average molecular weight is 309 g/mol. The van der Waals surface area contributed by atoms with E-state index in [0.29, 0.717) is 17.9 Å². The Bertz CT molecular complexity index is 561. The van der Waals surface area contributed by atoms with Gasteiger partial charge in [0.2, 0.25) is 0 Å². The molecule has 94 valence electrons. The maximum atomic E-state index is 12.2. The van der Waals surface area contributed by atoms with Gasteiger partial charge in [0.25, 0.3) is 0 Å². The minimum atomic E-state index is -0.00540. The molecule has 1 aromatic carbocycles. The van der Waals surface area contributed by atoms with Crippen LogP contribution < -0.4 is 4.74 Å². The molecule has 0 aliphatic heterocycles. The van der Waals surface area contributed by atoms with E-state index in [2.05, 4.69) is 21.0 Å². The summed E-state index contributed by atoms with van der Waals surface area (Å²) in [7, 11) is 3.27. The first-order valence-electron chi connectivity index (χ1n) is 5.45. The van der Waals surface area contributed by atoms with E-state index in [-0.39, 0.29) is 5.78 Å². The van der Waals surface area contributed by atoms with E-state index in [1.807, 2.05) is 24.3 Å². The fourth-order valence-electron chi connectivity index (χ4n) is 1.76. The first-order chi connectivity index (χ1) is 8.61. The van der Waals surface area contributed by atoms with Crippen molar-refractivity contribution < 1.29 is 9.53 Å². The SMILES string of the molecule is COc1cnn(C)c1C(=O)Cc1ccc(Br)cc1. The molecule has 0 fully saturated rings. The zero-order chi connectivity index (χ0) is 13.1. The lowest BCUT2D eigenvalue weighted by atomic mass is 10.1. The predicted octanol–water partition coefficient (Wildman–Crippen LogP) is 2.62. The van der Waals surface area contributed by atoms with Gasteiger partial charge < -0.3 is 4.74 Å². The van der Waals surface area contributed by atoms with Crippen LogP contribution in [0.3, 0.4) is 0 Å². The number of carbonyl (C=O) groups excluding carboxylic acids is 1. The number of benzene rings is 1. The highest BCUT2D eigenvalue weighted by Crippen LogP contribution is 2.19. The van der Waals surface area contributed by atoms with Crippen molar-refractivity contribution in [3.8, 4) is 5.75 Å². The molecule has 1 aromatic heterocycles. The van der Waals surface area contributed by atoms with Crippen molar-refractivity contribution in [2.45, 2.75) is 6.42 Å². The van der Waals surface area contributed by atoms with Gasteiger partial charge in [-0.15, -0.1) is 0 Å². The second kappa shape index (κ2) is 5.35. The number of ketones is 1. The molecule has 0 saturated heterocycles. The molecule has 0 amide bonds. The van der Waals surface area contributed by atoms with Crippen molar-refractivity contribution in [2.24, 2.45) is 7.05 Å². The van der Waals surface area contributed by atoms with Crippen molar-refractivity contribution in [3.63, 3.8) is 0 Å². The van der Waals surface area contributed by atoms with E-state index in [4.69, 9.17) is 4.74 Å². The summed E-state index contributed by atoms with van der Waals surface area (Å²) in [6, 6.07) is 7.68. The first-order valence-corrected chi connectivity index (χ1v) is 6.24. The Labute approximate surface area is 114 Å². The van der Waals surface area contributed by atoms with E-state index >= 15 is 0 Å². The van der Waals surface area contributed by atoms with Gasteiger partial charge >= 0.3 is 0 Å². The third kappa shape index (κ3) is 2.61. The monoisotopic (exact) mass is 308 g/mol. The molecule has 0 radical (unpaired) electrons. The van der Waals surface area contributed by atoms with Gasteiger partial charge in [-0.3, -0.25) is 9.48 Å². The average Bonchev–Trinajstić information content (AvgIpc) is 2.73. The number of halogens is 1. The Kier molecular flexibility index (Phi) is 3.81. The van der Waals surface area contributed by atoms with Gasteiger partial charge in [-0.05, 0) is 17.7 Å². The fraction of sp³-hybridized carbons (Fsp3) is 0.231. The molecule has 0 saturated carbocycles. The number of Topliss-reactive ketones (excluding diaryl/α,β-unsaturated/α-hetero) is 1. The zero-order valence-corrected chi connectivity index (χ0v) is 11.8. The molecule has 5 heteroatoms. The summed E-state index contributed by atoms with van der Waals surface area (Å²) >= 11 is 3.37. The largest absolute Gasteiger partial charge is 0.493 e. The summed E-state index contributed by atoms with van der Waals surface area (Å²) in [5, 5.41) is 4.03. The molecule has 18 heavy (non-hydrogen) atoms. The van der Waals surface area contributed by atoms with Crippen molar-refractivity contribution in [1.82, 2.24) is 9.78 Å². The highest BCUT2D eigenvalue weighted by Gasteiger charge is 2.17. The van der Waals surface area contributed by atoms with Gasteiger partial charge in [-0.2, -0.15) is 5.10 Å². The molecular formula is C13H13BrN2O2. The lowest BCUT2D eigenvalue weighted by Gasteiger charge is -2.04. The van der Waals surface area contributed by atoms with Crippen LogP contribution in [0.4, 0.5) is 0 Å². The number of hydrogen-bond acceptors (Lipinski definition) is 3. The molecular weight excluding hydrogens is 296 g/mol. The third-order valence-corrected chi connectivity index (χ3v) is 3.20.